The van der Waals surface area contributed by atoms with E-state index in [1.807, 2.05) is 0 Å². The fraction of sp³-hybridized carbons (Fsp3) is 0.900. The van der Waals surface area contributed by atoms with Crippen LogP contribution in [0.2, 0.25) is 52.6 Å². The average Bonchev–Trinajstić information content (AvgIpc) is 2.43. The molecule has 0 saturated heterocycles. The molecule has 0 fully saturated rings. The summed E-state index contributed by atoms with van der Waals surface area (Å²) in [5.41, 5.74) is 2.93. The van der Waals surface area contributed by atoms with Crippen LogP contribution in [0.4, 0.5) is 0 Å². The Labute approximate surface area is 154 Å². The topological polar surface area (TPSA) is 0 Å². The summed E-state index contributed by atoms with van der Waals surface area (Å²) < 4.78 is 7.09. The van der Waals surface area contributed by atoms with Gasteiger partial charge in [0.25, 0.3) is 0 Å². The summed E-state index contributed by atoms with van der Waals surface area (Å²) in [6.45, 7) is 22.8. The first-order chi connectivity index (χ1) is 10.5. The molecule has 0 aromatic rings. The second-order valence-corrected chi connectivity index (χ2v) is 34.4. The van der Waals surface area contributed by atoms with Gasteiger partial charge in [-0.2, -0.15) is 0 Å². The van der Waals surface area contributed by atoms with Crippen LogP contribution in [0, 0.1) is 0 Å². The van der Waals surface area contributed by atoms with Crippen molar-refractivity contribution in [2.45, 2.75) is 112 Å². The van der Waals surface area contributed by atoms with Gasteiger partial charge in [-0.05, 0) is 0 Å². The van der Waals surface area contributed by atoms with Crippen molar-refractivity contribution in [1.82, 2.24) is 0 Å². The maximum absolute atomic E-state index is 2.93. The predicted molar refractivity (Wildman–Crippen MR) is 120 cm³/mol. The maximum atomic E-state index is 2.93. The zero-order valence-electron chi connectivity index (χ0n) is 17.9. The van der Waals surface area contributed by atoms with Gasteiger partial charge in [0.05, 0.1) is 0 Å². The SMILES string of the molecule is CCC[CH2][Sn]([CH2]CCC)([CH2]CCC)/[C](=C\[Si](C)(C)C)[Si](C)(C)C. The van der Waals surface area contributed by atoms with Crippen LogP contribution in [0.25, 0.3) is 0 Å². The van der Waals surface area contributed by atoms with E-state index in [1.54, 1.807) is 13.3 Å². The van der Waals surface area contributed by atoms with Gasteiger partial charge in [-0.1, -0.05) is 0 Å². The van der Waals surface area contributed by atoms with Crippen molar-refractivity contribution in [3.05, 3.63) is 8.91 Å². The first-order valence-electron chi connectivity index (χ1n) is 10.3. The summed E-state index contributed by atoms with van der Waals surface area (Å²) in [5, 5.41) is 0. The van der Waals surface area contributed by atoms with E-state index in [1.165, 1.54) is 38.5 Å². The molecule has 0 aliphatic rings. The van der Waals surface area contributed by atoms with Crippen molar-refractivity contribution in [3.63, 3.8) is 0 Å². The van der Waals surface area contributed by atoms with E-state index in [0.717, 1.165) is 0 Å². The number of hydrogen-bond acceptors (Lipinski definition) is 0. The van der Waals surface area contributed by atoms with Crippen LogP contribution in [0.1, 0.15) is 59.3 Å². The minimum absolute atomic E-state index is 1.13. The summed E-state index contributed by atoms with van der Waals surface area (Å²) >= 11 is -2.20. The van der Waals surface area contributed by atoms with E-state index in [4.69, 9.17) is 0 Å². The Morgan fingerprint density at radius 2 is 1.04 bits per heavy atom. The molecule has 0 atom stereocenters. The van der Waals surface area contributed by atoms with E-state index in [2.05, 4.69) is 69.0 Å². The molecule has 0 rings (SSSR count). The zero-order valence-corrected chi connectivity index (χ0v) is 22.8. The van der Waals surface area contributed by atoms with Gasteiger partial charge >= 0.3 is 155 Å². The van der Waals surface area contributed by atoms with Gasteiger partial charge in [-0.15, -0.1) is 0 Å². The van der Waals surface area contributed by atoms with Crippen LogP contribution in [-0.2, 0) is 0 Å². The predicted octanol–water partition coefficient (Wildman–Crippen LogP) is 8.06. The molecule has 0 heterocycles. The summed E-state index contributed by atoms with van der Waals surface area (Å²) in [7, 11) is -2.33. The second-order valence-electron chi connectivity index (χ2n) is 9.77. The van der Waals surface area contributed by atoms with E-state index < -0.39 is 34.5 Å². The third-order valence-corrected chi connectivity index (χ3v) is 33.9. The number of unbranched alkanes of at least 4 members (excludes halogenated alkanes) is 3. The fourth-order valence-electron chi connectivity index (χ4n) is 3.92. The molecule has 0 unspecified atom stereocenters. The molecule has 0 aromatic carbocycles. The van der Waals surface area contributed by atoms with Crippen molar-refractivity contribution < 1.29 is 0 Å². The molecular formula is C20H46Si2Sn. The molecule has 0 aliphatic carbocycles. The monoisotopic (exact) mass is 462 g/mol. The molecule has 0 amide bonds. The Balaban J connectivity index is 5.98. The molecule has 0 radical (unpaired) electrons. The van der Waals surface area contributed by atoms with Crippen LogP contribution >= 0.6 is 0 Å². The molecule has 0 aromatic heterocycles. The van der Waals surface area contributed by atoms with Crippen LogP contribution in [-0.4, -0.2) is 34.5 Å². The van der Waals surface area contributed by atoms with E-state index in [-0.39, 0.29) is 0 Å². The van der Waals surface area contributed by atoms with Gasteiger partial charge in [0.1, 0.15) is 0 Å². The molecule has 3 heteroatoms. The number of rotatable bonds is 12. The molecule has 0 saturated carbocycles. The molecule has 0 nitrogen and oxygen atoms in total. The molecular weight excluding hydrogens is 415 g/mol. The fourth-order valence-corrected chi connectivity index (χ4v) is 45.5. The quantitative estimate of drug-likeness (QED) is 0.258. The standard InChI is InChI=1S/C8H19Si2.3C4H9.Sn/c1-9(2,3)7-8-10(4,5)6;3*1-3-4-2;/h7H,1-6H3;3*1,3-4H2,2H3;. The van der Waals surface area contributed by atoms with Gasteiger partial charge in [-0.25, -0.2) is 0 Å². The van der Waals surface area contributed by atoms with Crippen LogP contribution in [0.3, 0.4) is 0 Å². The summed E-state index contributed by atoms with van der Waals surface area (Å²) in [6.07, 6.45) is 8.67. The molecule has 138 valence electrons. The van der Waals surface area contributed by atoms with Crippen LogP contribution in [0.15, 0.2) is 8.91 Å². The molecule has 0 aliphatic heterocycles. The van der Waals surface area contributed by atoms with Crippen molar-refractivity contribution in [3.8, 4) is 0 Å². The third-order valence-electron chi connectivity index (χ3n) is 4.98. The van der Waals surface area contributed by atoms with Crippen LogP contribution in [0.5, 0.6) is 0 Å². The zero-order chi connectivity index (χ0) is 18.1. The van der Waals surface area contributed by atoms with E-state index >= 15 is 0 Å². The van der Waals surface area contributed by atoms with Crippen molar-refractivity contribution in [2.75, 3.05) is 0 Å². The summed E-state index contributed by atoms with van der Waals surface area (Å²) in [6, 6.07) is 0. The van der Waals surface area contributed by atoms with Crippen molar-refractivity contribution in [1.29, 1.82) is 0 Å². The van der Waals surface area contributed by atoms with Gasteiger partial charge in [-0.3, -0.25) is 0 Å². The average molecular weight is 461 g/mol. The van der Waals surface area contributed by atoms with Gasteiger partial charge in [0.15, 0.2) is 0 Å². The Bertz CT molecular complexity index is 326. The van der Waals surface area contributed by atoms with Crippen molar-refractivity contribution >= 4 is 34.5 Å². The second kappa shape index (κ2) is 10.8. The molecule has 0 spiro atoms. The Morgan fingerprint density at radius 1 is 0.696 bits per heavy atom. The summed E-state index contributed by atoms with van der Waals surface area (Å²) in [4.78, 5) is 0. The van der Waals surface area contributed by atoms with E-state index in [9.17, 15) is 0 Å². The Hall–Kier alpha value is 0.972. The molecule has 0 bridgehead atoms. The Kier molecular flexibility index (Phi) is 11.3. The Morgan fingerprint density at radius 3 is 1.26 bits per heavy atom. The van der Waals surface area contributed by atoms with Crippen LogP contribution < -0.4 is 0 Å². The minimum atomic E-state index is -2.20. The first-order valence-corrected chi connectivity index (χ1v) is 24.8. The van der Waals surface area contributed by atoms with Gasteiger partial charge < -0.3 is 0 Å². The normalized spacial score (nSPS) is 14.4. The molecule has 0 N–H and O–H groups in total. The number of hydrogen-bond donors (Lipinski definition) is 0. The third kappa shape index (κ3) is 9.29. The van der Waals surface area contributed by atoms with E-state index in [0.29, 0.717) is 0 Å². The first kappa shape index (κ1) is 24.0. The van der Waals surface area contributed by atoms with Gasteiger partial charge in [0, 0.05) is 0 Å². The summed E-state index contributed by atoms with van der Waals surface area (Å²) in [5.74, 6) is 0. The van der Waals surface area contributed by atoms with Gasteiger partial charge in [0.2, 0.25) is 0 Å². The van der Waals surface area contributed by atoms with Crippen molar-refractivity contribution in [2.24, 2.45) is 0 Å². The molecule has 23 heavy (non-hydrogen) atoms.